The summed E-state index contributed by atoms with van der Waals surface area (Å²) >= 11 is 0. The summed E-state index contributed by atoms with van der Waals surface area (Å²) in [5.41, 5.74) is 2.54. The zero-order valence-corrected chi connectivity index (χ0v) is 31.1. The van der Waals surface area contributed by atoms with Gasteiger partial charge in [0, 0.05) is 12.8 Å². The van der Waals surface area contributed by atoms with Gasteiger partial charge in [-0.15, -0.1) is 0 Å². The van der Waals surface area contributed by atoms with Gasteiger partial charge in [0.1, 0.15) is 6.10 Å². The topological polar surface area (TPSA) is 26.3 Å². The predicted octanol–water partition coefficient (Wildman–Crippen LogP) is 13.4. The van der Waals surface area contributed by atoms with E-state index in [4.69, 9.17) is 4.74 Å². The van der Waals surface area contributed by atoms with Crippen molar-refractivity contribution < 1.29 is 9.53 Å². The summed E-state index contributed by atoms with van der Waals surface area (Å²) < 4.78 is 6.12. The van der Waals surface area contributed by atoms with Crippen LogP contribution in [0.3, 0.4) is 0 Å². The number of hydrogen-bond acceptors (Lipinski definition) is 2. The molecule has 0 aromatic rings. The number of rotatable bonds is 20. The molecule has 260 valence electrons. The number of unbranched alkanes of at least 4 members (excludes halogenated alkanes) is 12. The Balaban J connectivity index is 1.14. The first-order valence-electron chi connectivity index (χ1n) is 20.6. The van der Waals surface area contributed by atoms with E-state index in [1.54, 1.807) is 5.57 Å². The third-order valence-corrected chi connectivity index (χ3v) is 14.0. The van der Waals surface area contributed by atoms with E-state index in [2.05, 4.69) is 47.6 Å². The van der Waals surface area contributed by atoms with Crippen molar-refractivity contribution in [3.8, 4) is 0 Å². The maximum absolute atomic E-state index is 12.8. The van der Waals surface area contributed by atoms with Gasteiger partial charge < -0.3 is 4.74 Å². The van der Waals surface area contributed by atoms with Crippen molar-refractivity contribution in [1.82, 2.24) is 0 Å². The van der Waals surface area contributed by atoms with Crippen LogP contribution in [-0.2, 0) is 9.53 Å². The van der Waals surface area contributed by atoms with Gasteiger partial charge in [-0.05, 0) is 97.7 Å². The molecule has 0 heterocycles. The molecular weight excluding hydrogens is 549 g/mol. The summed E-state index contributed by atoms with van der Waals surface area (Å²) in [7, 11) is 0. The van der Waals surface area contributed by atoms with Crippen molar-refractivity contribution in [3.63, 3.8) is 0 Å². The van der Waals surface area contributed by atoms with Crippen molar-refractivity contribution in [2.45, 2.75) is 208 Å². The van der Waals surface area contributed by atoms with Crippen LogP contribution in [0.4, 0.5) is 0 Å². The minimum Gasteiger partial charge on any atom is -0.462 e. The smallest absolute Gasteiger partial charge is 0.306 e. The highest BCUT2D eigenvalue weighted by molar-refractivity contribution is 5.69. The fraction of sp³-hybridized carbons (Fsp3) is 0.930. The number of allylic oxidation sites excluding steroid dienone is 1. The minimum absolute atomic E-state index is 0.0638. The van der Waals surface area contributed by atoms with Gasteiger partial charge in [0.15, 0.2) is 0 Å². The third kappa shape index (κ3) is 9.87. The lowest BCUT2D eigenvalue weighted by atomic mass is 9.47. The van der Waals surface area contributed by atoms with Crippen LogP contribution >= 0.6 is 0 Å². The highest BCUT2D eigenvalue weighted by Gasteiger charge is 2.59. The molecule has 4 aliphatic carbocycles. The quantitative estimate of drug-likeness (QED) is 0.0582. The van der Waals surface area contributed by atoms with Gasteiger partial charge >= 0.3 is 5.97 Å². The molecule has 2 heteroatoms. The molecule has 45 heavy (non-hydrogen) atoms. The molecule has 0 aromatic heterocycles. The van der Waals surface area contributed by atoms with Gasteiger partial charge in [-0.1, -0.05) is 150 Å². The average molecular weight is 626 g/mol. The molecule has 0 aromatic carbocycles. The summed E-state index contributed by atoms with van der Waals surface area (Å²) in [5, 5.41) is 0. The number of ether oxygens (including phenoxy) is 1. The van der Waals surface area contributed by atoms with Crippen LogP contribution in [0.2, 0.25) is 0 Å². The van der Waals surface area contributed by atoms with E-state index in [1.807, 2.05) is 0 Å². The third-order valence-electron chi connectivity index (χ3n) is 14.0. The molecule has 0 aliphatic heterocycles. The van der Waals surface area contributed by atoms with Crippen molar-refractivity contribution in [2.24, 2.45) is 46.3 Å². The standard InChI is InChI=1S/C43H76O2/c1-7-8-9-10-11-12-13-14-15-16-17-18-19-23-41(44)45-36-28-30-42(5)35(32-36)24-25-37-39-27-26-38(34(4)22-20-21-33(2)3)43(39,6)31-29-40(37)42/h24,33-34,36-40H,7-23,25-32H2,1-6H3/t34-,36+,37+,38-,39+,40+,42+,43-/m1/s1/i36+1. The highest BCUT2D eigenvalue weighted by Crippen LogP contribution is 2.67. The Labute approximate surface area is 281 Å². The largest absolute Gasteiger partial charge is 0.462 e. The predicted molar refractivity (Wildman–Crippen MR) is 193 cm³/mol. The molecule has 4 aliphatic rings. The first-order valence-corrected chi connectivity index (χ1v) is 20.6. The Morgan fingerprint density at radius 3 is 2.07 bits per heavy atom. The summed E-state index contributed by atoms with van der Waals surface area (Å²) in [6.45, 7) is 14.9. The van der Waals surface area contributed by atoms with Crippen molar-refractivity contribution in [1.29, 1.82) is 0 Å². The van der Waals surface area contributed by atoms with Crippen molar-refractivity contribution in [3.05, 3.63) is 11.6 Å². The second-order valence-electron chi connectivity index (χ2n) is 17.6. The van der Waals surface area contributed by atoms with Gasteiger partial charge in [0.2, 0.25) is 0 Å². The Hall–Kier alpha value is -0.790. The molecule has 3 saturated carbocycles. The maximum atomic E-state index is 12.8. The molecule has 4 rings (SSSR count). The van der Waals surface area contributed by atoms with Crippen LogP contribution in [-0.4, -0.2) is 12.1 Å². The number of hydrogen-bond donors (Lipinski definition) is 0. The zero-order valence-electron chi connectivity index (χ0n) is 31.1. The number of carbonyl (C=O) groups excluding carboxylic acids is 1. The van der Waals surface area contributed by atoms with Crippen molar-refractivity contribution in [2.75, 3.05) is 0 Å². The lowest BCUT2D eigenvalue weighted by molar-refractivity contribution is -0.151. The number of fused-ring (bicyclic) bond motifs is 5. The van der Waals surface area contributed by atoms with Gasteiger partial charge in [-0.25, -0.2) is 0 Å². The number of carbonyl (C=O) groups is 1. The highest BCUT2D eigenvalue weighted by atomic mass is 16.6. The van der Waals surface area contributed by atoms with Crippen LogP contribution in [0.1, 0.15) is 202 Å². The first-order chi connectivity index (χ1) is 21.7. The van der Waals surface area contributed by atoms with Crippen molar-refractivity contribution >= 4 is 5.97 Å². The lowest BCUT2D eigenvalue weighted by Crippen LogP contribution is -2.51. The van der Waals surface area contributed by atoms with Gasteiger partial charge in [0.05, 0.1) is 0 Å². The maximum Gasteiger partial charge on any atom is 0.306 e. The van der Waals surface area contributed by atoms with E-state index in [0.29, 0.717) is 17.3 Å². The van der Waals surface area contributed by atoms with E-state index in [9.17, 15) is 4.79 Å². The second kappa shape index (κ2) is 18.1. The summed E-state index contributed by atoms with van der Waals surface area (Å²) in [6, 6.07) is 0. The molecular formula is C43H76O2. The monoisotopic (exact) mass is 626 g/mol. The molecule has 3 fully saturated rings. The molecule has 8 atom stereocenters. The van der Waals surface area contributed by atoms with Crippen LogP contribution in [0.15, 0.2) is 11.6 Å². The molecule has 0 saturated heterocycles. The Morgan fingerprint density at radius 1 is 0.778 bits per heavy atom. The van der Waals surface area contributed by atoms with E-state index < -0.39 is 0 Å². The second-order valence-corrected chi connectivity index (χ2v) is 17.6. The minimum atomic E-state index is 0.0638. The van der Waals surface area contributed by atoms with Gasteiger partial charge in [0.25, 0.3) is 0 Å². The zero-order chi connectivity index (χ0) is 32.3. The summed E-state index contributed by atoms with van der Waals surface area (Å²) in [4.78, 5) is 12.8. The molecule has 0 radical (unpaired) electrons. The lowest BCUT2D eigenvalue weighted by Gasteiger charge is -2.58. The SMILES string of the molecule is CCCCCCCCCCCCCCCC(=O)O[13C@H]1CC[C@@]2(C)C(=CC[C@H]3[C@@H]4CC[C@H]([C@H](C)CCCC(C)C)[C@@]4(C)CC[C@@H]32)C1. The van der Waals surface area contributed by atoms with Crippen LogP contribution in [0, 0.1) is 46.3 Å². The van der Waals surface area contributed by atoms with E-state index in [1.165, 1.54) is 135 Å². The normalized spacial score (nSPS) is 33.3. The van der Waals surface area contributed by atoms with Crippen LogP contribution < -0.4 is 0 Å². The fourth-order valence-electron chi connectivity index (χ4n) is 11.3. The average Bonchev–Trinajstić information content (AvgIpc) is 3.37. The number of esters is 1. The van der Waals surface area contributed by atoms with Crippen LogP contribution in [0.5, 0.6) is 0 Å². The first kappa shape index (κ1) is 37.0. The molecule has 0 unspecified atom stereocenters. The summed E-state index contributed by atoms with van der Waals surface area (Å²) in [5.74, 6) is 5.34. The Kier molecular flexibility index (Phi) is 14.9. The molecule has 2 nitrogen and oxygen atoms in total. The fourth-order valence-corrected chi connectivity index (χ4v) is 11.3. The Bertz CT molecular complexity index is 904. The van der Waals surface area contributed by atoms with Gasteiger partial charge in [-0.2, -0.15) is 0 Å². The van der Waals surface area contributed by atoms with Gasteiger partial charge in [-0.3, -0.25) is 4.79 Å². The molecule has 0 N–H and O–H groups in total. The van der Waals surface area contributed by atoms with E-state index >= 15 is 0 Å². The molecule has 0 spiro atoms. The van der Waals surface area contributed by atoms with E-state index in [-0.39, 0.29) is 12.1 Å². The molecule has 0 bridgehead atoms. The summed E-state index contributed by atoms with van der Waals surface area (Å²) in [6.07, 6.45) is 35.4. The molecule has 0 amide bonds. The van der Waals surface area contributed by atoms with E-state index in [0.717, 1.165) is 54.8 Å². The van der Waals surface area contributed by atoms with Crippen LogP contribution in [0.25, 0.3) is 0 Å². The Morgan fingerprint density at radius 2 is 1.42 bits per heavy atom.